The molecule has 0 spiro atoms. The zero-order valence-electron chi connectivity index (χ0n) is 14.5. The fraction of sp³-hybridized carbons (Fsp3) is 0.222. The molecule has 0 aliphatic rings. The van der Waals surface area contributed by atoms with Crippen molar-refractivity contribution in [1.82, 2.24) is 0 Å². The number of carbonyl (C=O) groups excluding carboxylic acids is 2. The normalized spacial score (nSPS) is 12.2. The first-order valence-electron chi connectivity index (χ1n) is 8.08. The average Bonchev–Trinajstić information content (AvgIpc) is 2.58. The van der Waals surface area contributed by atoms with E-state index in [1.165, 1.54) is 24.3 Å². The molecule has 0 aromatic heterocycles. The van der Waals surface area contributed by atoms with E-state index in [9.17, 15) is 23.1 Å². The second-order valence-corrected chi connectivity index (χ2v) is 8.42. The Bertz CT molecular complexity index is 912. The van der Waals surface area contributed by atoms with Gasteiger partial charge in [0.25, 0.3) is 0 Å². The van der Waals surface area contributed by atoms with Crippen LogP contribution in [0.25, 0.3) is 0 Å². The number of benzene rings is 2. The molecule has 1 atom stereocenters. The number of halogens is 1. The molecule has 0 bridgehead atoms. The molecule has 0 fully saturated rings. The summed E-state index contributed by atoms with van der Waals surface area (Å²) in [5.74, 6) is -2.28. The van der Waals surface area contributed by atoms with Crippen molar-refractivity contribution in [3.05, 3.63) is 53.6 Å². The Morgan fingerprint density at radius 3 is 2.07 bits per heavy atom. The fourth-order valence-corrected chi connectivity index (χ4v) is 4.04. The van der Waals surface area contributed by atoms with Crippen molar-refractivity contribution in [3.8, 4) is 5.75 Å². The molecular formula is C18H19ClN2O5S. The van der Waals surface area contributed by atoms with Gasteiger partial charge in [-0.3, -0.25) is 9.59 Å². The highest BCUT2D eigenvalue weighted by atomic mass is 35.5. The van der Waals surface area contributed by atoms with Gasteiger partial charge < -0.3 is 15.7 Å². The van der Waals surface area contributed by atoms with Gasteiger partial charge >= 0.3 is 0 Å². The van der Waals surface area contributed by atoms with Crippen LogP contribution in [0.5, 0.6) is 5.75 Å². The van der Waals surface area contributed by atoms with Gasteiger partial charge in [0.15, 0.2) is 9.84 Å². The molecule has 3 N–H and O–H groups in total. The zero-order valence-corrected chi connectivity index (χ0v) is 16.0. The monoisotopic (exact) mass is 410 g/mol. The lowest BCUT2D eigenvalue weighted by atomic mass is 10.2. The van der Waals surface area contributed by atoms with Crippen molar-refractivity contribution >= 4 is 44.6 Å². The van der Waals surface area contributed by atoms with E-state index in [2.05, 4.69) is 10.6 Å². The minimum absolute atomic E-state index is 0.0144. The van der Waals surface area contributed by atoms with Gasteiger partial charge in [0.2, 0.25) is 11.8 Å². The van der Waals surface area contributed by atoms with E-state index in [0.29, 0.717) is 16.4 Å². The second-order valence-electron chi connectivity index (χ2n) is 5.80. The fourth-order valence-electron chi connectivity index (χ4n) is 2.38. The van der Waals surface area contributed by atoms with Crippen molar-refractivity contribution in [3.63, 3.8) is 0 Å². The van der Waals surface area contributed by atoms with Crippen molar-refractivity contribution in [2.75, 3.05) is 16.4 Å². The summed E-state index contributed by atoms with van der Waals surface area (Å²) < 4.78 is 25.0. The van der Waals surface area contributed by atoms with E-state index in [1.54, 1.807) is 31.2 Å². The van der Waals surface area contributed by atoms with Crippen molar-refractivity contribution in [2.24, 2.45) is 0 Å². The molecule has 0 aliphatic heterocycles. The molecule has 144 valence electrons. The Labute approximate surface area is 162 Å². The third-order valence-corrected chi connectivity index (χ3v) is 6.02. The lowest BCUT2D eigenvalue weighted by Gasteiger charge is -2.16. The number of phenolic OH excluding ortho intramolecular Hbond substituents is 1. The lowest BCUT2D eigenvalue weighted by molar-refractivity contribution is -0.115. The Balaban J connectivity index is 2.04. The summed E-state index contributed by atoms with van der Waals surface area (Å²) in [4.78, 5) is 24.4. The Morgan fingerprint density at radius 2 is 1.52 bits per heavy atom. The number of hydrogen-bond acceptors (Lipinski definition) is 5. The summed E-state index contributed by atoms with van der Waals surface area (Å²) in [7, 11) is -4.03. The minimum Gasteiger partial charge on any atom is -0.508 e. The van der Waals surface area contributed by atoms with Crippen LogP contribution in [0, 0.1) is 0 Å². The number of anilines is 2. The van der Waals surface area contributed by atoms with E-state index in [4.69, 9.17) is 11.6 Å². The Hall–Kier alpha value is -2.58. The number of nitrogens with one attached hydrogen (secondary N) is 2. The molecule has 2 amide bonds. The minimum atomic E-state index is -4.03. The molecule has 0 saturated heterocycles. The number of phenols is 1. The summed E-state index contributed by atoms with van der Waals surface area (Å²) in [6.45, 7) is 1.55. The van der Waals surface area contributed by atoms with Gasteiger partial charge in [-0.15, -0.1) is 0 Å². The molecule has 2 aromatic carbocycles. The lowest BCUT2D eigenvalue weighted by Crippen LogP contribution is -2.39. The molecule has 1 unspecified atom stereocenters. The van der Waals surface area contributed by atoms with Gasteiger partial charge in [-0.25, -0.2) is 8.42 Å². The van der Waals surface area contributed by atoms with Crippen LogP contribution in [0.1, 0.15) is 13.3 Å². The molecule has 7 nitrogen and oxygen atoms in total. The highest BCUT2D eigenvalue weighted by molar-refractivity contribution is 7.93. The molecular weight excluding hydrogens is 392 g/mol. The Kier molecular flexibility index (Phi) is 6.81. The number of hydrogen-bond donors (Lipinski definition) is 3. The second kappa shape index (κ2) is 8.88. The Morgan fingerprint density at radius 1 is 1.00 bits per heavy atom. The molecule has 2 rings (SSSR count). The zero-order chi connectivity index (χ0) is 20.0. The SMILES string of the molecule is CCC(C(=O)Nc1ccc(O)cc1)S(=O)(=O)CC(=O)Nc1ccc(Cl)cc1. The maximum Gasteiger partial charge on any atom is 0.242 e. The van der Waals surface area contributed by atoms with Crippen LogP contribution in [-0.2, 0) is 19.4 Å². The van der Waals surface area contributed by atoms with Crippen LogP contribution in [0.2, 0.25) is 5.02 Å². The van der Waals surface area contributed by atoms with Crippen LogP contribution in [0.3, 0.4) is 0 Å². The molecule has 27 heavy (non-hydrogen) atoms. The van der Waals surface area contributed by atoms with Gasteiger partial charge in [-0.1, -0.05) is 18.5 Å². The van der Waals surface area contributed by atoms with Crippen LogP contribution in [0.4, 0.5) is 11.4 Å². The third-order valence-electron chi connectivity index (χ3n) is 3.69. The molecule has 2 aromatic rings. The number of aromatic hydroxyl groups is 1. The van der Waals surface area contributed by atoms with E-state index in [1.807, 2.05) is 0 Å². The molecule has 9 heteroatoms. The summed E-state index contributed by atoms with van der Waals surface area (Å²) in [6.07, 6.45) is 0.0144. The van der Waals surface area contributed by atoms with Crippen LogP contribution in [0.15, 0.2) is 48.5 Å². The highest BCUT2D eigenvalue weighted by Crippen LogP contribution is 2.17. The number of sulfone groups is 1. The maximum atomic E-state index is 12.5. The average molecular weight is 411 g/mol. The van der Waals surface area contributed by atoms with Crippen molar-refractivity contribution in [2.45, 2.75) is 18.6 Å². The van der Waals surface area contributed by atoms with Crippen molar-refractivity contribution < 1.29 is 23.1 Å². The number of carbonyl (C=O) groups is 2. The predicted octanol–water partition coefficient (Wildman–Crippen LogP) is 2.82. The summed E-state index contributed by atoms with van der Waals surface area (Å²) in [5, 5.41) is 13.3. The van der Waals surface area contributed by atoms with E-state index in [0.717, 1.165) is 0 Å². The molecule has 0 aliphatic carbocycles. The first kappa shape index (κ1) is 20.7. The van der Waals surface area contributed by atoms with Crippen LogP contribution in [-0.4, -0.2) is 36.3 Å². The first-order chi connectivity index (χ1) is 12.7. The van der Waals surface area contributed by atoms with E-state index >= 15 is 0 Å². The number of amides is 2. The summed E-state index contributed by atoms with van der Waals surface area (Å²) in [5.41, 5.74) is 0.748. The van der Waals surface area contributed by atoms with Gasteiger partial charge in [0, 0.05) is 16.4 Å². The highest BCUT2D eigenvalue weighted by Gasteiger charge is 2.33. The van der Waals surface area contributed by atoms with Crippen LogP contribution >= 0.6 is 11.6 Å². The maximum absolute atomic E-state index is 12.5. The summed E-state index contributed by atoms with van der Waals surface area (Å²) >= 11 is 5.76. The van der Waals surface area contributed by atoms with Gasteiger partial charge in [0.05, 0.1) is 0 Å². The van der Waals surface area contributed by atoms with Gasteiger partial charge in [0.1, 0.15) is 16.8 Å². The smallest absolute Gasteiger partial charge is 0.242 e. The van der Waals surface area contributed by atoms with Gasteiger partial charge in [-0.2, -0.15) is 0 Å². The predicted molar refractivity (Wildman–Crippen MR) is 105 cm³/mol. The van der Waals surface area contributed by atoms with Crippen LogP contribution < -0.4 is 10.6 Å². The molecule has 0 heterocycles. The quantitative estimate of drug-likeness (QED) is 0.607. The number of rotatable bonds is 7. The molecule has 0 radical (unpaired) electrons. The van der Waals surface area contributed by atoms with E-state index in [-0.39, 0.29) is 12.2 Å². The third kappa shape index (κ3) is 5.97. The van der Waals surface area contributed by atoms with Crippen molar-refractivity contribution in [1.29, 1.82) is 0 Å². The summed E-state index contributed by atoms with van der Waals surface area (Å²) in [6, 6.07) is 11.8. The first-order valence-corrected chi connectivity index (χ1v) is 10.2. The van der Waals surface area contributed by atoms with E-state index < -0.39 is 32.7 Å². The van der Waals surface area contributed by atoms with Gasteiger partial charge in [-0.05, 0) is 55.0 Å². The molecule has 0 saturated carbocycles. The standard InChI is InChI=1S/C18H19ClN2O5S/c1-2-16(18(24)21-14-7-9-15(22)10-8-14)27(25,26)11-17(23)20-13-5-3-12(19)4-6-13/h3-10,16,22H,2,11H2,1H3,(H,20,23)(H,21,24). The topological polar surface area (TPSA) is 113 Å². The largest absolute Gasteiger partial charge is 0.508 e.